The number of halogens is 3. The Balaban J connectivity index is 1.38. The van der Waals surface area contributed by atoms with Gasteiger partial charge >= 0.3 is 6.09 Å². The van der Waals surface area contributed by atoms with E-state index in [9.17, 15) is 14.3 Å². The standard InChI is InChI=1S/C39H39F3N6O4S/c1-18-16-47(38(50)52-39(4,5)6)19(2)30-15-28(45-48(18)30)36-34(32-25(41)11-22(40)12-31(32)51-24-13-23(49)14-24)33-26(42)17-53-37(33)35(44-36)21-8-9-29-27(10-21)43-20(3)46(29)7/h8-12,15,17-19,23-24,49H,13-14,16H2,1-7H3/t18-,19+,23?,24?/m0/s1. The average Bonchev–Trinajstić information content (AvgIpc) is 3.76. The van der Waals surface area contributed by atoms with Gasteiger partial charge in [-0.05, 0) is 59.7 Å². The van der Waals surface area contributed by atoms with Gasteiger partial charge in [-0.25, -0.2) is 27.9 Å². The maximum Gasteiger partial charge on any atom is 0.410 e. The lowest BCUT2D eigenvalue weighted by Crippen LogP contribution is -2.45. The van der Waals surface area contributed by atoms with Crippen LogP contribution in [0.15, 0.2) is 41.8 Å². The maximum absolute atomic E-state index is 16.4. The van der Waals surface area contributed by atoms with Crippen molar-refractivity contribution in [2.24, 2.45) is 7.05 Å². The summed E-state index contributed by atoms with van der Waals surface area (Å²) < 4.78 is 63.7. The Hall–Kier alpha value is -4.95. The van der Waals surface area contributed by atoms with Gasteiger partial charge in [0.1, 0.15) is 52.1 Å². The third-order valence-electron chi connectivity index (χ3n) is 10.1. The van der Waals surface area contributed by atoms with Crippen LogP contribution in [0.1, 0.15) is 71.1 Å². The number of hydrogen-bond acceptors (Lipinski definition) is 8. The number of ether oxygens (including phenoxy) is 2. The lowest BCUT2D eigenvalue weighted by atomic mass is 9.91. The van der Waals surface area contributed by atoms with E-state index in [4.69, 9.17) is 24.5 Å². The zero-order valence-electron chi connectivity index (χ0n) is 30.4. The van der Waals surface area contributed by atoms with E-state index in [0.29, 0.717) is 33.9 Å². The van der Waals surface area contributed by atoms with Crippen LogP contribution >= 0.6 is 11.3 Å². The van der Waals surface area contributed by atoms with Crippen LogP contribution in [-0.2, 0) is 11.8 Å². The molecule has 2 aromatic carbocycles. The number of aryl methyl sites for hydroxylation is 2. The molecule has 6 aromatic rings. The van der Waals surface area contributed by atoms with E-state index in [0.717, 1.165) is 40.3 Å². The highest BCUT2D eigenvalue weighted by molar-refractivity contribution is 7.17. The van der Waals surface area contributed by atoms with Gasteiger partial charge in [0.2, 0.25) is 0 Å². The Morgan fingerprint density at radius 3 is 2.47 bits per heavy atom. The van der Waals surface area contributed by atoms with Crippen molar-refractivity contribution in [3.05, 3.63) is 70.7 Å². The Kier molecular flexibility index (Phi) is 8.33. The molecular weight excluding hydrogens is 706 g/mol. The van der Waals surface area contributed by atoms with Crippen LogP contribution in [0, 0.1) is 24.4 Å². The number of aliphatic hydroxyl groups excluding tert-OH is 1. The first-order valence-corrected chi connectivity index (χ1v) is 18.4. The number of imidazole rings is 1. The second kappa shape index (κ2) is 12.6. The number of amides is 1. The molecule has 1 amide bonds. The number of pyridine rings is 1. The molecule has 4 aromatic heterocycles. The third kappa shape index (κ3) is 6.01. The number of fused-ring (bicyclic) bond motifs is 3. The van der Waals surface area contributed by atoms with Gasteiger partial charge < -0.3 is 19.1 Å². The van der Waals surface area contributed by atoms with Gasteiger partial charge in [0.15, 0.2) is 0 Å². The van der Waals surface area contributed by atoms with Crippen molar-refractivity contribution in [1.29, 1.82) is 0 Å². The number of rotatable bonds is 5. The molecule has 10 nitrogen and oxygen atoms in total. The van der Waals surface area contributed by atoms with Crippen molar-refractivity contribution < 1.29 is 32.5 Å². The predicted octanol–water partition coefficient (Wildman–Crippen LogP) is 8.88. The molecule has 5 heterocycles. The molecule has 0 spiro atoms. The first-order chi connectivity index (χ1) is 25.1. The van der Waals surface area contributed by atoms with Crippen LogP contribution < -0.4 is 4.74 Å². The van der Waals surface area contributed by atoms with Crippen molar-refractivity contribution in [2.75, 3.05) is 6.54 Å². The molecule has 2 atom stereocenters. The second-order valence-electron chi connectivity index (χ2n) is 15.1. The minimum Gasteiger partial charge on any atom is -0.489 e. The van der Waals surface area contributed by atoms with Crippen LogP contribution in [0.4, 0.5) is 18.0 Å². The number of carbonyl (C=O) groups excluding carboxylic acids is 1. The fourth-order valence-electron chi connectivity index (χ4n) is 7.29. The van der Waals surface area contributed by atoms with E-state index in [-0.39, 0.29) is 46.8 Å². The van der Waals surface area contributed by atoms with E-state index < -0.39 is 47.4 Å². The lowest BCUT2D eigenvalue weighted by Gasteiger charge is -2.38. The van der Waals surface area contributed by atoms with E-state index in [1.54, 1.807) is 15.6 Å². The molecule has 2 aliphatic rings. The molecule has 1 saturated carbocycles. The van der Waals surface area contributed by atoms with Crippen LogP contribution in [-0.4, -0.2) is 64.8 Å². The number of aliphatic hydroxyl groups is 1. The molecule has 276 valence electrons. The summed E-state index contributed by atoms with van der Waals surface area (Å²) >= 11 is 1.13. The van der Waals surface area contributed by atoms with Crippen LogP contribution in [0.25, 0.3) is 54.9 Å². The number of aromatic nitrogens is 5. The van der Waals surface area contributed by atoms with Gasteiger partial charge in [0, 0.05) is 60.5 Å². The smallest absolute Gasteiger partial charge is 0.410 e. The topological polar surface area (TPSA) is 108 Å². The summed E-state index contributed by atoms with van der Waals surface area (Å²) in [5.74, 6) is -1.76. The molecule has 1 aliphatic heterocycles. The molecule has 0 radical (unpaired) electrons. The SMILES string of the molecule is Cc1nc2cc(-c3nc(-c4cc5n(n4)[C@@H](C)CN(C(=O)OC(C)(C)C)[C@@H]5C)c(-c4c(F)cc(F)cc4OC4CC(O)C4)c4c(F)csc34)ccc2n1C. The number of hydrogen-bond donors (Lipinski definition) is 1. The van der Waals surface area contributed by atoms with Gasteiger partial charge in [0.05, 0.1) is 50.9 Å². The molecular formula is C39H39F3N6O4S. The van der Waals surface area contributed by atoms with Gasteiger partial charge in [-0.1, -0.05) is 6.07 Å². The highest BCUT2D eigenvalue weighted by atomic mass is 32.1. The molecule has 0 bridgehead atoms. The predicted molar refractivity (Wildman–Crippen MR) is 196 cm³/mol. The third-order valence-corrected chi connectivity index (χ3v) is 11.0. The van der Waals surface area contributed by atoms with Crippen molar-refractivity contribution in [2.45, 2.75) is 84.3 Å². The molecule has 1 N–H and O–H groups in total. The summed E-state index contributed by atoms with van der Waals surface area (Å²) in [5, 5.41) is 16.4. The highest BCUT2D eigenvalue weighted by Crippen LogP contribution is 2.49. The van der Waals surface area contributed by atoms with Gasteiger partial charge in [-0.2, -0.15) is 5.10 Å². The second-order valence-corrected chi connectivity index (χ2v) is 16.0. The van der Waals surface area contributed by atoms with Gasteiger partial charge in [-0.15, -0.1) is 11.3 Å². The average molecular weight is 745 g/mol. The van der Waals surface area contributed by atoms with Crippen molar-refractivity contribution >= 4 is 38.5 Å². The number of benzene rings is 2. The monoisotopic (exact) mass is 744 g/mol. The van der Waals surface area contributed by atoms with Crippen LogP contribution in [0.5, 0.6) is 5.75 Å². The quantitative estimate of drug-likeness (QED) is 0.188. The first kappa shape index (κ1) is 35.1. The molecule has 14 heteroatoms. The number of thiophene rings is 1. The fraction of sp³-hybridized carbons (Fsp3) is 0.385. The van der Waals surface area contributed by atoms with Crippen molar-refractivity contribution in [1.82, 2.24) is 29.2 Å². The molecule has 1 fully saturated rings. The Morgan fingerprint density at radius 1 is 1.00 bits per heavy atom. The Morgan fingerprint density at radius 2 is 1.75 bits per heavy atom. The minimum absolute atomic E-state index is 0.0596. The summed E-state index contributed by atoms with van der Waals surface area (Å²) in [6.45, 7) is 11.4. The number of carbonyl (C=O) groups is 1. The summed E-state index contributed by atoms with van der Waals surface area (Å²) in [6.07, 6.45) is -0.961. The van der Waals surface area contributed by atoms with Gasteiger partial charge in [-0.3, -0.25) is 9.58 Å². The summed E-state index contributed by atoms with van der Waals surface area (Å²) in [7, 11) is 1.93. The molecule has 0 saturated heterocycles. The van der Waals surface area contributed by atoms with Gasteiger partial charge in [0.25, 0.3) is 0 Å². The fourth-order valence-corrected chi connectivity index (χ4v) is 8.23. The summed E-state index contributed by atoms with van der Waals surface area (Å²) in [6, 6.07) is 8.56. The first-order valence-electron chi connectivity index (χ1n) is 17.6. The van der Waals surface area contributed by atoms with Crippen LogP contribution in [0.2, 0.25) is 0 Å². The minimum atomic E-state index is -0.963. The zero-order valence-corrected chi connectivity index (χ0v) is 31.2. The van der Waals surface area contributed by atoms with E-state index in [1.165, 1.54) is 5.38 Å². The Labute approximate surface area is 307 Å². The number of nitrogens with zero attached hydrogens (tertiary/aromatic N) is 6. The zero-order chi connectivity index (χ0) is 37.7. The Bertz CT molecular complexity index is 2440. The lowest BCUT2D eigenvalue weighted by molar-refractivity contribution is -0.0107. The van der Waals surface area contributed by atoms with Crippen LogP contribution in [0.3, 0.4) is 0 Å². The van der Waals surface area contributed by atoms with Crippen molar-refractivity contribution in [3.63, 3.8) is 0 Å². The summed E-state index contributed by atoms with van der Waals surface area (Å²) in [4.78, 5) is 24.8. The largest absolute Gasteiger partial charge is 0.489 e. The molecule has 53 heavy (non-hydrogen) atoms. The van der Waals surface area contributed by atoms with E-state index >= 15 is 8.78 Å². The van der Waals surface area contributed by atoms with Crippen molar-refractivity contribution in [3.8, 4) is 39.5 Å². The molecule has 1 aliphatic carbocycles. The normalized spacial score (nSPS) is 20.2. The van der Waals surface area contributed by atoms with E-state index in [2.05, 4.69) is 0 Å². The molecule has 0 unspecified atom stereocenters. The highest BCUT2D eigenvalue weighted by Gasteiger charge is 2.37. The maximum atomic E-state index is 16.4. The summed E-state index contributed by atoms with van der Waals surface area (Å²) in [5.41, 5.74) is 3.06. The molecule has 8 rings (SSSR count). The van der Waals surface area contributed by atoms with E-state index in [1.807, 2.05) is 71.4 Å².